The van der Waals surface area contributed by atoms with Gasteiger partial charge < -0.3 is 10.5 Å². The SMILES string of the molecule is CC(C)[C@H](OC(=O)c1cc2c(s1)CCC2)C(=O)NC(N)=O. The Balaban J connectivity index is 2.07. The summed E-state index contributed by atoms with van der Waals surface area (Å²) in [6, 6.07) is 0.871. The molecule has 0 fully saturated rings. The van der Waals surface area contributed by atoms with Crippen LogP contribution in [0.4, 0.5) is 4.79 Å². The van der Waals surface area contributed by atoms with Gasteiger partial charge in [0.05, 0.1) is 0 Å². The van der Waals surface area contributed by atoms with Crippen molar-refractivity contribution in [2.24, 2.45) is 11.7 Å². The molecule has 114 valence electrons. The minimum Gasteiger partial charge on any atom is -0.448 e. The number of ether oxygens (including phenoxy) is 1. The number of esters is 1. The summed E-state index contributed by atoms with van der Waals surface area (Å²) >= 11 is 1.41. The first-order chi connectivity index (χ1) is 9.88. The molecular weight excluding hydrogens is 292 g/mol. The summed E-state index contributed by atoms with van der Waals surface area (Å²) in [5, 5.41) is 1.95. The Hall–Kier alpha value is -1.89. The van der Waals surface area contributed by atoms with Crippen molar-refractivity contribution < 1.29 is 19.1 Å². The smallest absolute Gasteiger partial charge is 0.349 e. The number of hydrogen-bond donors (Lipinski definition) is 2. The highest BCUT2D eigenvalue weighted by molar-refractivity contribution is 7.14. The summed E-state index contributed by atoms with van der Waals surface area (Å²) in [5.41, 5.74) is 6.10. The predicted molar refractivity (Wildman–Crippen MR) is 78.1 cm³/mol. The number of fused-ring (bicyclic) bond motifs is 1. The van der Waals surface area contributed by atoms with Gasteiger partial charge in [-0.1, -0.05) is 13.8 Å². The van der Waals surface area contributed by atoms with Crippen molar-refractivity contribution >= 4 is 29.2 Å². The maximum Gasteiger partial charge on any atom is 0.349 e. The summed E-state index contributed by atoms with van der Waals surface area (Å²) in [7, 11) is 0. The fourth-order valence-electron chi connectivity index (χ4n) is 2.29. The quantitative estimate of drug-likeness (QED) is 0.825. The van der Waals surface area contributed by atoms with Crippen LogP contribution in [-0.4, -0.2) is 24.0 Å². The van der Waals surface area contributed by atoms with Crippen LogP contribution >= 0.6 is 11.3 Å². The maximum absolute atomic E-state index is 12.1. The maximum atomic E-state index is 12.1. The van der Waals surface area contributed by atoms with Crippen LogP contribution in [-0.2, 0) is 22.4 Å². The third-order valence-electron chi connectivity index (χ3n) is 3.29. The Kier molecular flexibility index (Phi) is 4.62. The molecule has 1 aliphatic carbocycles. The highest BCUT2D eigenvalue weighted by atomic mass is 32.1. The molecule has 0 aliphatic heterocycles. The van der Waals surface area contributed by atoms with Crippen LogP contribution < -0.4 is 11.1 Å². The zero-order chi connectivity index (χ0) is 15.6. The number of carbonyl (C=O) groups is 3. The number of nitrogens with two attached hydrogens (primary N) is 1. The van der Waals surface area contributed by atoms with Gasteiger partial charge >= 0.3 is 12.0 Å². The zero-order valence-corrected chi connectivity index (χ0v) is 12.8. The average molecular weight is 310 g/mol. The first-order valence-electron chi connectivity index (χ1n) is 6.81. The fraction of sp³-hybridized carbons (Fsp3) is 0.500. The average Bonchev–Trinajstić information content (AvgIpc) is 2.94. The number of thiophene rings is 1. The van der Waals surface area contributed by atoms with E-state index >= 15 is 0 Å². The topological polar surface area (TPSA) is 98.5 Å². The summed E-state index contributed by atoms with van der Waals surface area (Å²) in [6.45, 7) is 3.46. The number of urea groups is 1. The van der Waals surface area contributed by atoms with Gasteiger partial charge in [-0.05, 0) is 36.8 Å². The molecule has 6 nitrogen and oxygen atoms in total. The van der Waals surface area contributed by atoms with E-state index in [2.05, 4.69) is 0 Å². The van der Waals surface area contributed by atoms with Crippen molar-refractivity contribution in [3.63, 3.8) is 0 Å². The van der Waals surface area contributed by atoms with E-state index in [0.717, 1.165) is 19.3 Å². The van der Waals surface area contributed by atoms with Crippen LogP contribution in [0.3, 0.4) is 0 Å². The van der Waals surface area contributed by atoms with Crippen molar-refractivity contribution in [2.45, 2.75) is 39.2 Å². The largest absolute Gasteiger partial charge is 0.448 e. The van der Waals surface area contributed by atoms with Gasteiger partial charge in [-0.3, -0.25) is 10.1 Å². The van der Waals surface area contributed by atoms with Crippen molar-refractivity contribution in [2.75, 3.05) is 0 Å². The summed E-state index contributed by atoms with van der Waals surface area (Å²) in [4.78, 5) is 36.4. The lowest BCUT2D eigenvalue weighted by atomic mass is 10.1. The number of imide groups is 1. The van der Waals surface area contributed by atoms with Gasteiger partial charge in [0.2, 0.25) is 0 Å². The van der Waals surface area contributed by atoms with Crippen LogP contribution in [0.1, 0.15) is 40.4 Å². The molecule has 7 heteroatoms. The molecule has 3 N–H and O–H groups in total. The lowest BCUT2D eigenvalue weighted by molar-refractivity contribution is -0.130. The van der Waals surface area contributed by atoms with E-state index in [-0.39, 0.29) is 5.92 Å². The van der Waals surface area contributed by atoms with E-state index < -0.39 is 24.0 Å². The summed E-state index contributed by atoms with van der Waals surface area (Å²) in [5.74, 6) is -1.50. The minimum absolute atomic E-state index is 0.264. The van der Waals surface area contributed by atoms with E-state index in [9.17, 15) is 14.4 Å². The molecule has 1 heterocycles. The molecule has 0 unspecified atom stereocenters. The predicted octanol–water partition coefficient (Wildman–Crippen LogP) is 1.61. The van der Waals surface area contributed by atoms with Gasteiger partial charge in [0.25, 0.3) is 5.91 Å². The second kappa shape index (κ2) is 6.26. The van der Waals surface area contributed by atoms with E-state index in [0.29, 0.717) is 4.88 Å². The van der Waals surface area contributed by atoms with E-state index in [1.54, 1.807) is 13.8 Å². The molecule has 1 aromatic rings. The lowest BCUT2D eigenvalue weighted by Crippen LogP contribution is -2.45. The van der Waals surface area contributed by atoms with Crippen LogP contribution in [0.2, 0.25) is 0 Å². The lowest BCUT2D eigenvalue weighted by Gasteiger charge is -2.19. The number of primary amides is 1. The molecule has 3 amide bonds. The van der Waals surface area contributed by atoms with Crippen molar-refractivity contribution in [3.8, 4) is 0 Å². The van der Waals surface area contributed by atoms with E-state index in [4.69, 9.17) is 10.5 Å². The Morgan fingerprint density at radius 3 is 2.62 bits per heavy atom. The molecule has 1 aromatic heterocycles. The number of amides is 3. The normalized spacial score (nSPS) is 14.6. The zero-order valence-electron chi connectivity index (χ0n) is 12.0. The van der Waals surface area contributed by atoms with Crippen LogP contribution in [0.15, 0.2) is 6.07 Å². The van der Waals surface area contributed by atoms with Crippen molar-refractivity contribution in [1.82, 2.24) is 5.32 Å². The van der Waals surface area contributed by atoms with Gasteiger partial charge in [0.1, 0.15) is 4.88 Å². The fourth-order valence-corrected chi connectivity index (χ4v) is 3.42. The summed E-state index contributed by atoms with van der Waals surface area (Å²) < 4.78 is 5.25. The molecule has 0 saturated heterocycles. The second-order valence-electron chi connectivity index (χ2n) is 5.34. The molecule has 0 spiro atoms. The molecular formula is C14H18N2O4S. The molecule has 0 saturated carbocycles. The van der Waals surface area contributed by atoms with Gasteiger partial charge in [-0.25, -0.2) is 9.59 Å². The number of carbonyl (C=O) groups excluding carboxylic acids is 3. The minimum atomic E-state index is -1.04. The van der Waals surface area contributed by atoms with Crippen molar-refractivity contribution in [1.29, 1.82) is 0 Å². The standard InChI is InChI=1S/C14H18N2O4S/c1-7(2)11(12(17)16-14(15)19)20-13(18)10-6-8-4-3-5-9(8)21-10/h6-7,11H,3-5H2,1-2H3,(H3,15,16,17,19)/t11-/m0/s1. The van der Waals surface area contributed by atoms with Crippen molar-refractivity contribution in [3.05, 3.63) is 21.4 Å². The Morgan fingerprint density at radius 1 is 1.33 bits per heavy atom. The molecule has 1 atom stereocenters. The molecule has 0 aromatic carbocycles. The molecule has 0 radical (unpaired) electrons. The van der Waals surface area contributed by atoms with Crippen LogP contribution in [0, 0.1) is 5.92 Å². The van der Waals surface area contributed by atoms with E-state index in [1.165, 1.54) is 21.8 Å². The summed E-state index contributed by atoms with van der Waals surface area (Å²) in [6.07, 6.45) is 2.05. The number of aryl methyl sites for hydroxylation is 2. The monoisotopic (exact) mass is 310 g/mol. The van der Waals surface area contributed by atoms with Gasteiger partial charge in [0, 0.05) is 4.88 Å². The van der Waals surface area contributed by atoms with Crippen LogP contribution in [0.25, 0.3) is 0 Å². The molecule has 2 rings (SSSR count). The van der Waals surface area contributed by atoms with Gasteiger partial charge in [-0.15, -0.1) is 11.3 Å². The van der Waals surface area contributed by atoms with Gasteiger partial charge in [0.15, 0.2) is 6.10 Å². The number of hydrogen-bond acceptors (Lipinski definition) is 5. The Bertz CT molecular complexity index is 558. The van der Waals surface area contributed by atoms with E-state index in [1.807, 2.05) is 11.4 Å². The van der Waals surface area contributed by atoms with Gasteiger partial charge in [-0.2, -0.15) is 0 Å². The Labute approximate surface area is 126 Å². The number of rotatable bonds is 4. The first-order valence-corrected chi connectivity index (χ1v) is 7.63. The highest BCUT2D eigenvalue weighted by Crippen LogP contribution is 2.31. The third kappa shape index (κ3) is 3.60. The Morgan fingerprint density at radius 2 is 2.05 bits per heavy atom. The molecule has 1 aliphatic rings. The third-order valence-corrected chi connectivity index (χ3v) is 4.51. The number of nitrogens with one attached hydrogen (secondary N) is 1. The molecule has 21 heavy (non-hydrogen) atoms. The second-order valence-corrected chi connectivity index (χ2v) is 6.47. The first kappa shape index (κ1) is 15.5. The van der Waals surface area contributed by atoms with Crippen LogP contribution in [0.5, 0.6) is 0 Å². The molecule has 0 bridgehead atoms. The highest BCUT2D eigenvalue weighted by Gasteiger charge is 2.29.